The first-order valence-corrected chi connectivity index (χ1v) is 6.10. The van der Waals surface area contributed by atoms with Gasteiger partial charge in [-0.15, -0.1) is 0 Å². The molecule has 1 aliphatic rings. The van der Waals surface area contributed by atoms with Gasteiger partial charge in [-0.2, -0.15) is 4.98 Å². The van der Waals surface area contributed by atoms with Crippen molar-refractivity contribution in [2.24, 2.45) is 0 Å². The number of aromatic nitrogens is 2. The molecule has 1 aromatic heterocycles. The van der Waals surface area contributed by atoms with Gasteiger partial charge in [-0.25, -0.2) is 9.18 Å². The highest BCUT2D eigenvalue weighted by Crippen LogP contribution is 2.40. The third kappa shape index (κ3) is 2.04. The van der Waals surface area contributed by atoms with Crippen LogP contribution in [0.3, 0.4) is 0 Å². The number of aliphatic hydroxyl groups excluding tert-OH is 1. The van der Waals surface area contributed by atoms with Crippen molar-refractivity contribution in [3.05, 3.63) is 22.5 Å². The van der Waals surface area contributed by atoms with Crippen LogP contribution in [0.15, 0.2) is 11.0 Å². The molecule has 0 bridgehead atoms. The van der Waals surface area contributed by atoms with Gasteiger partial charge in [-0.1, -0.05) is 11.2 Å². The van der Waals surface area contributed by atoms with Crippen LogP contribution in [0.5, 0.6) is 0 Å². The molecule has 89 valence electrons. The molecule has 6 nitrogen and oxygen atoms in total. The van der Waals surface area contributed by atoms with Gasteiger partial charge < -0.3 is 10.8 Å². The van der Waals surface area contributed by atoms with E-state index >= 15 is 0 Å². The summed E-state index contributed by atoms with van der Waals surface area (Å²) in [5.74, 6) is -0.602. The van der Waals surface area contributed by atoms with E-state index in [1.54, 1.807) is 0 Å². The summed E-state index contributed by atoms with van der Waals surface area (Å²) in [6, 6.07) is 0. The Kier molecular flexibility index (Phi) is 3.13. The molecule has 16 heavy (non-hydrogen) atoms. The van der Waals surface area contributed by atoms with Crippen LogP contribution in [0.2, 0.25) is 0 Å². The summed E-state index contributed by atoms with van der Waals surface area (Å²) in [6.45, 7) is 0. The molecule has 8 heteroatoms. The highest BCUT2D eigenvalue weighted by molar-refractivity contribution is 8.12. The Labute approximate surface area is 93.4 Å². The van der Waals surface area contributed by atoms with Gasteiger partial charge in [0, 0.05) is 12.2 Å². The Morgan fingerprint density at radius 2 is 2.56 bits per heavy atom. The molecule has 0 spiro atoms. The zero-order valence-electron chi connectivity index (χ0n) is 8.30. The van der Waals surface area contributed by atoms with Gasteiger partial charge in [0.25, 0.3) is 0 Å². The van der Waals surface area contributed by atoms with Gasteiger partial charge in [0.1, 0.15) is 5.94 Å². The summed E-state index contributed by atoms with van der Waals surface area (Å²) in [7, 11) is 0. The van der Waals surface area contributed by atoms with Crippen molar-refractivity contribution in [1.29, 1.82) is 0 Å². The molecular formula is C8H11FN3O3S. The predicted octanol–water partition coefficient (Wildman–Crippen LogP) is 0.0172. The van der Waals surface area contributed by atoms with E-state index in [0.717, 1.165) is 10.8 Å². The Morgan fingerprint density at radius 1 is 1.81 bits per heavy atom. The molecule has 1 aliphatic heterocycles. The third-order valence-corrected chi connectivity index (χ3v) is 3.70. The molecule has 2 rings (SSSR count). The van der Waals surface area contributed by atoms with Crippen LogP contribution in [-0.2, 0) is 4.18 Å². The van der Waals surface area contributed by atoms with E-state index in [1.807, 2.05) is 0 Å². The normalized spacial score (nSPS) is 21.5. The number of nitrogen functional groups attached to an aromatic ring is 1. The first kappa shape index (κ1) is 11.4. The van der Waals surface area contributed by atoms with Crippen molar-refractivity contribution < 1.29 is 13.7 Å². The first-order chi connectivity index (χ1) is 7.61. The molecule has 1 unspecified atom stereocenters. The Bertz CT molecular complexity index is 453. The zero-order chi connectivity index (χ0) is 11.7. The second kappa shape index (κ2) is 4.40. The first-order valence-electron chi connectivity index (χ1n) is 4.61. The van der Waals surface area contributed by atoms with E-state index < -0.39 is 34.7 Å². The molecule has 1 saturated heterocycles. The molecule has 1 aromatic rings. The molecule has 0 aliphatic carbocycles. The third-order valence-electron chi connectivity index (χ3n) is 2.23. The van der Waals surface area contributed by atoms with E-state index in [1.165, 1.54) is 0 Å². The molecular weight excluding hydrogens is 237 g/mol. The van der Waals surface area contributed by atoms with Gasteiger partial charge in [0.2, 0.25) is 0 Å². The second-order valence-corrected chi connectivity index (χ2v) is 5.02. The van der Waals surface area contributed by atoms with E-state index in [2.05, 4.69) is 4.98 Å². The van der Waals surface area contributed by atoms with E-state index in [0.29, 0.717) is 12.2 Å². The minimum absolute atomic E-state index is 0.0872. The summed E-state index contributed by atoms with van der Waals surface area (Å²) < 4.78 is 19.6. The SMILES string of the molecule is Nc1nc(=O)n(C2CC[S](CO)O2)cc1F. The van der Waals surface area contributed by atoms with Crippen molar-refractivity contribution >= 4 is 17.0 Å². The highest BCUT2D eigenvalue weighted by atomic mass is 32.2. The van der Waals surface area contributed by atoms with E-state index in [4.69, 9.17) is 15.0 Å². The number of nitrogens with zero attached hydrogens (tertiary/aromatic N) is 2. The zero-order valence-corrected chi connectivity index (χ0v) is 9.11. The number of nitrogens with two attached hydrogens (primary N) is 1. The van der Waals surface area contributed by atoms with E-state index in [-0.39, 0.29) is 5.94 Å². The monoisotopic (exact) mass is 248 g/mol. The lowest BCUT2D eigenvalue weighted by Crippen LogP contribution is -2.28. The number of anilines is 1. The largest absolute Gasteiger partial charge is 0.384 e. The Morgan fingerprint density at radius 3 is 3.19 bits per heavy atom. The maximum atomic E-state index is 13.1. The summed E-state index contributed by atoms with van der Waals surface area (Å²) in [5.41, 5.74) is 4.52. The fraction of sp³-hybridized carbons (Fsp3) is 0.500. The lowest BCUT2D eigenvalue weighted by Gasteiger charge is -2.14. The van der Waals surface area contributed by atoms with Crippen molar-refractivity contribution in [1.82, 2.24) is 9.55 Å². The highest BCUT2D eigenvalue weighted by Gasteiger charge is 2.26. The van der Waals surface area contributed by atoms with Crippen molar-refractivity contribution in [2.75, 3.05) is 17.4 Å². The van der Waals surface area contributed by atoms with Crippen molar-refractivity contribution in [2.45, 2.75) is 12.6 Å². The van der Waals surface area contributed by atoms with E-state index in [9.17, 15) is 9.18 Å². The number of aliphatic hydroxyl groups is 1. The molecule has 1 atom stereocenters. The smallest absolute Gasteiger partial charge is 0.351 e. The lowest BCUT2D eigenvalue weighted by atomic mass is 10.4. The second-order valence-electron chi connectivity index (χ2n) is 3.28. The van der Waals surface area contributed by atoms with Gasteiger partial charge in [0.05, 0.1) is 6.20 Å². The number of hydrogen-bond donors (Lipinski definition) is 2. The Balaban J connectivity index is 2.28. The Hall–Kier alpha value is -1.12. The van der Waals surface area contributed by atoms with Gasteiger partial charge in [0.15, 0.2) is 17.9 Å². The van der Waals surface area contributed by atoms with Gasteiger partial charge in [-0.05, 0) is 0 Å². The van der Waals surface area contributed by atoms with Crippen LogP contribution in [0.25, 0.3) is 0 Å². The molecule has 1 fully saturated rings. The van der Waals surface area contributed by atoms with Crippen molar-refractivity contribution in [3.8, 4) is 0 Å². The fourth-order valence-corrected chi connectivity index (χ4v) is 2.68. The average Bonchev–Trinajstić information content (AvgIpc) is 2.71. The molecule has 0 aromatic carbocycles. The molecule has 0 saturated carbocycles. The summed E-state index contributed by atoms with van der Waals surface area (Å²) in [6.07, 6.45) is 0.972. The number of hydrogen-bond acceptors (Lipinski definition) is 5. The summed E-state index contributed by atoms with van der Waals surface area (Å²) >= 11 is -0.571. The maximum Gasteiger partial charge on any atom is 0.351 e. The molecule has 0 amide bonds. The standard InChI is InChI=1S/C8H11FN3O3S/c9-5-3-12(8(14)11-7(5)10)6-1-2-16(4-13)15-6/h3,6,13H,1-2,4H2,(H2,10,11,14). The maximum absolute atomic E-state index is 13.1. The topological polar surface area (TPSA) is 90.4 Å². The number of rotatable bonds is 2. The van der Waals surface area contributed by atoms with Crippen LogP contribution in [-0.4, -0.2) is 26.3 Å². The summed E-state index contributed by atoms with van der Waals surface area (Å²) in [4.78, 5) is 14.8. The van der Waals surface area contributed by atoms with Crippen molar-refractivity contribution in [3.63, 3.8) is 0 Å². The van der Waals surface area contributed by atoms with Crippen LogP contribution in [0, 0.1) is 5.82 Å². The average molecular weight is 248 g/mol. The molecule has 1 radical (unpaired) electrons. The van der Waals surface area contributed by atoms with Crippen LogP contribution < -0.4 is 11.4 Å². The lowest BCUT2D eigenvalue weighted by molar-refractivity contribution is 0.166. The predicted molar refractivity (Wildman–Crippen MR) is 57.2 cm³/mol. The van der Waals surface area contributed by atoms with Crippen LogP contribution >= 0.6 is 11.2 Å². The number of halogens is 1. The van der Waals surface area contributed by atoms with Gasteiger partial charge >= 0.3 is 5.69 Å². The fourth-order valence-electron chi connectivity index (χ4n) is 1.43. The summed E-state index contributed by atoms with van der Waals surface area (Å²) in [5, 5.41) is 8.89. The molecule has 2 heterocycles. The minimum atomic E-state index is -0.751. The quantitative estimate of drug-likeness (QED) is 0.769. The minimum Gasteiger partial charge on any atom is -0.384 e. The van der Waals surface area contributed by atoms with Crippen LogP contribution in [0.1, 0.15) is 12.6 Å². The van der Waals surface area contributed by atoms with Crippen LogP contribution in [0.4, 0.5) is 10.2 Å². The molecule has 3 N–H and O–H groups in total. The van der Waals surface area contributed by atoms with Gasteiger partial charge in [-0.3, -0.25) is 8.75 Å².